The number of ether oxygens (including phenoxy) is 1. The van der Waals surface area contributed by atoms with Crippen molar-refractivity contribution in [3.63, 3.8) is 0 Å². The van der Waals surface area contributed by atoms with Crippen molar-refractivity contribution in [2.75, 3.05) is 18.0 Å². The minimum absolute atomic E-state index is 0.114. The molecule has 1 aliphatic heterocycles. The van der Waals surface area contributed by atoms with Gasteiger partial charge < -0.3 is 10.5 Å². The second-order valence-electron chi connectivity index (χ2n) is 5.00. The Kier molecular flexibility index (Phi) is 3.95. The number of rotatable bonds is 4. The van der Waals surface area contributed by atoms with Gasteiger partial charge in [-0.1, -0.05) is 0 Å². The summed E-state index contributed by atoms with van der Waals surface area (Å²) in [5.41, 5.74) is 6.09. The number of hydrogen-bond donors (Lipinski definition) is 1. The number of alkyl halides is 2. The van der Waals surface area contributed by atoms with Gasteiger partial charge in [0.2, 0.25) is 0 Å². The monoisotopic (exact) mass is 326 g/mol. The molecule has 1 aromatic heterocycles. The summed E-state index contributed by atoms with van der Waals surface area (Å²) >= 11 is 0. The van der Waals surface area contributed by atoms with E-state index in [1.807, 2.05) is 0 Å². The van der Waals surface area contributed by atoms with Crippen molar-refractivity contribution in [2.45, 2.75) is 12.7 Å². The fourth-order valence-corrected chi connectivity index (χ4v) is 2.34. The molecule has 0 saturated carbocycles. The molecular weight excluding hydrogens is 313 g/mol. The topological polar surface area (TPSA) is 73.4 Å². The van der Waals surface area contributed by atoms with Gasteiger partial charge in [0, 0.05) is 23.9 Å². The van der Waals surface area contributed by atoms with Crippen LogP contribution in [-0.4, -0.2) is 35.1 Å². The lowest BCUT2D eigenvalue weighted by atomic mass is 10.1. The number of hydrogen-bond acceptors (Lipinski definition) is 4. The van der Waals surface area contributed by atoms with Crippen LogP contribution in [0.4, 0.5) is 23.7 Å². The van der Waals surface area contributed by atoms with E-state index in [-0.39, 0.29) is 24.2 Å². The molecule has 1 unspecified atom stereocenters. The second-order valence-corrected chi connectivity index (χ2v) is 5.00. The van der Waals surface area contributed by atoms with Crippen LogP contribution in [0.3, 0.4) is 0 Å². The third-order valence-corrected chi connectivity index (χ3v) is 3.51. The standard InChI is InChI=1S/C14H13F3N4O2/c15-12-3-9(20-7-10(4-18)23-14(20)22)1-2-11(12)8-5-19-21(6-8)13(16)17/h1-3,5-6,10,13H,4,7,18H2. The molecule has 1 amide bonds. The molecular formula is C14H13F3N4O2. The number of nitrogens with zero attached hydrogens (tertiary/aromatic N) is 3. The number of amides is 1. The maximum absolute atomic E-state index is 14.3. The summed E-state index contributed by atoms with van der Waals surface area (Å²) < 4.78 is 44.8. The highest BCUT2D eigenvalue weighted by Gasteiger charge is 2.31. The molecule has 122 valence electrons. The molecule has 9 heteroatoms. The predicted molar refractivity (Wildman–Crippen MR) is 75.5 cm³/mol. The van der Waals surface area contributed by atoms with E-state index in [1.165, 1.54) is 17.0 Å². The van der Waals surface area contributed by atoms with Gasteiger partial charge in [-0.15, -0.1) is 0 Å². The Morgan fingerprint density at radius 3 is 2.78 bits per heavy atom. The highest BCUT2D eigenvalue weighted by molar-refractivity contribution is 5.90. The Morgan fingerprint density at radius 1 is 1.43 bits per heavy atom. The number of aromatic nitrogens is 2. The Bertz CT molecular complexity index is 735. The van der Waals surface area contributed by atoms with Gasteiger partial charge >= 0.3 is 12.6 Å². The van der Waals surface area contributed by atoms with Crippen LogP contribution in [0.1, 0.15) is 6.55 Å². The molecule has 0 radical (unpaired) electrons. The molecule has 0 aliphatic carbocycles. The first kappa shape index (κ1) is 15.3. The molecule has 2 N–H and O–H groups in total. The zero-order valence-electron chi connectivity index (χ0n) is 11.8. The zero-order chi connectivity index (χ0) is 16.6. The van der Waals surface area contributed by atoms with Crippen molar-refractivity contribution < 1.29 is 22.7 Å². The van der Waals surface area contributed by atoms with Gasteiger partial charge in [-0.3, -0.25) is 4.90 Å². The van der Waals surface area contributed by atoms with Crippen molar-refractivity contribution in [3.05, 3.63) is 36.4 Å². The number of carbonyl (C=O) groups excluding carboxylic acids is 1. The Morgan fingerprint density at radius 2 is 2.22 bits per heavy atom. The number of benzene rings is 1. The third kappa shape index (κ3) is 2.87. The van der Waals surface area contributed by atoms with Gasteiger partial charge in [-0.05, 0) is 18.2 Å². The number of halogens is 3. The molecule has 6 nitrogen and oxygen atoms in total. The van der Waals surface area contributed by atoms with Crippen molar-refractivity contribution >= 4 is 11.8 Å². The van der Waals surface area contributed by atoms with Crippen molar-refractivity contribution in [1.82, 2.24) is 9.78 Å². The first-order chi connectivity index (χ1) is 11.0. The van der Waals surface area contributed by atoms with Crippen LogP contribution < -0.4 is 10.6 Å². The van der Waals surface area contributed by atoms with Gasteiger partial charge in [0.25, 0.3) is 0 Å². The minimum atomic E-state index is -2.79. The van der Waals surface area contributed by atoms with Crippen LogP contribution in [0.15, 0.2) is 30.6 Å². The Hall–Kier alpha value is -2.55. The van der Waals surface area contributed by atoms with Crippen LogP contribution >= 0.6 is 0 Å². The number of carbonyl (C=O) groups is 1. The van der Waals surface area contributed by atoms with Gasteiger partial charge in [0.05, 0.1) is 18.4 Å². The Balaban J connectivity index is 1.87. The maximum atomic E-state index is 14.3. The highest BCUT2D eigenvalue weighted by Crippen LogP contribution is 2.29. The fraction of sp³-hybridized carbons (Fsp3) is 0.286. The molecule has 1 saturated heterocycles. The van der Waals surface area contributed by atoms with Gasteiger partial charge in [-0.25, -0.2) is 13.9 Å². The van der Waals surface area contributed by atoms with E-state index in [9.17, 15) is 18.0 Å². The average Bonchev–Trinajstić information content (AvgIpc) is 3.13. The normalized spacial score (nSPS) is 17.9. The van der Waals surface area contributed by atoms with Crippen molar-refractivity contribution in [1.29, 1.82) is 0 Å². The number of nitrogens with two attached hydrogens (primary N) is 1. The van der Waals surface area contributed by atoms with Gasteiger partial charge in [0.1, 0.15) is 11.9 Å². The van der Waals surface area contributed by atoms with Crippen LogP contribution in [0, 0.1) is 5.82 Å². The first-order valence-corrected chi connectivity index (χ1v) is 6.80. The molecule has 2 heterocycles. The summed E-state index contributed by atoms with van der Waals surface area (Å²) in [4.78, 5) is 13.0. The molecule has 1 fully saturated rings. The molecule has 1 aliphatic rings. The van der Waals surface area contributed by atoms with E-state index in [2.05, 4.69) is 5.10 Å². The summed E-state index contributed by atoms with van der Waals surface area (Å²) in [6.07, 6.45) is 1.17. The molecule has 1 atom stereocenters. The van der Waals surface area contributed by atoms with E-state index >= 15 is 0 Å². The first-order valence-electron chi connectivity index (χ1n) is 6.80. The molecule has 23 heavy (non-hydrogen) atoms. The zero-order valence-corrected chi connectivity index (χ0v) is 11.8. The van der Waals surface area contributed by atoms with Crippen LogP contribution in [-0.2, 0) is 4.74 Å². The molecule has 2 aromatic rings. The number of cyclic esters (lactones) is 1. The van der Waals surface area contributed by atoms with Crippen LogP contribution in [0.2, 0.25) is 0 Å². The molecule has 0 bridgehead atoms. The van der Waals surface area contributed by atoms with Crippen LogP contribution in [0.25, 0.3) is 11.1 Å². The lowest BCUT2D eigenvalue weighted by Crippen LogP contribution is -2.27. The minimum Gasteiger partial charge on any atom is -0.443 e. The summed E-state index contributed by atoms with van der Waals surface area (Å²) in [6, 6.07) is 4.06. The highest BCUT2D eigenvalue weighted by atomic mass is 19.3. The van der Waals surface area contributed by atoms with E-state index in [0.717, 1.165) is 18.5 Å². The largest absolute Gasteiger partial charge is 0.443 e. The molecule has 3 rings (SSSR count). The summed E-state index contributed by atoms with van der Waals surface area (Å²) in [7, 11) is 0. The third-order valence-electron chi connectivity index (χ3n) is 3.51. The summed E-state index contributed by atoms with van der Waals surface area (Å²) in [6.45, 7) is -2.38. The molecule has 0 spiro atoms. The number of anilines is 1. The van der Waals surface area contributed by atoms with Gasteiger partial charge in [0.15, 0.2) is 0 Å². The maximum Gasteiger partial charge on any atom is 0.414 e. The van der Waals surface area contributed by atoms with E-state index in [1.54, 1.807) is 0 Å². The quantitative estimate of drug-likeness (QED) is 0.936. The van der Waals surface area contributed by atoms with Gasteiger partial charge in [-0.2, -0.15) is 13.9 Å². The average molecular weight is 326 g/mol. The second kappa shape index (κ2) is 5.92. The summed E-state index contributed by atoms with van der Waals surface area (Å²) in [5, 5.41) is 3.47. The summed E-state index contributed by atoms with van der Waals surface area (Å²) in [5.74, 6) is -0.652. The van der Waals surface area contributed by atoms with Crippen molar-refractivity contribution in [3.8, 4) is 11.1 Å². The smallest absolute Gasteiger partial charge is 0.414 e. The fourth-order valence-electron chi connectivity index (χ4n) is 2.34. The van der Waals surface area contributed by atoms with E-state index in [4.69, 9.17) is 10.5 Å². The lowest BCUT2D eigenvalue weighted by Gasteiger charge is -2.13. The Labute approximate surface area is 129 Å². The lowest BCUT2D eigenvalue weighted by molar-refractivity contribution is 0.0566. The van der Waals surface area contributed by atoms with Crippen molar-refractivity contribution in [2.24, 2.45) is 5.73 Å². The van der Waals surface area contributed by atoms with Crippen LogP contribution in [0.5, 0.6) is 0 Å². The van der Waals surface area contributed by atoms with E-state index in [0.29, 0.717) is 10.4 Å². The predicted octanol–water partition coefficient (Wildman–Crippen LogP) is 2.37. The molecule has 1 aromatic carbocycles. The SMILES string of the molecule is NCC1CN(c2ccc(-c3cnn(C(F)F)c3)c(F)c2)C(=O)O1. The van der Waals surface area contributed by atoms with E-state index < -0.39 is 24.6 Å².